The summed E-state index contributed by atoms with van der Waals surface area (Å²) in [5.74, 6) is 0.499. The van der Waals surface area contributed by atoms with Crippen LogP contribution in [0.5, 0.6) is 0 Å². The van der Waals surface area contributed by atoms with Crippen molar-refractivity contribution in [2.24, 2.45) is 0 Å². The van der Waals surface area contributed by atoms with Gasteiger partial charge in [0.15, 0.2) is 9.84 Å². The number of nitrogens with one attached hydrogen (secondary N) is 1. The van der Waals surface area contributed by atoms with Gasteiger partial charge >= 0.3 is 0 Å². The first-order valence-corrected chi connectivity index (χ1v) is 10.9. The molecule has 0 saturated heterocycles. The van der Waals surface area contributed by atoms with Gasteiger partial charge in [-0.25, -0.2) is 18.4 Å². The minimum atomic E-state index is -3.20. The molecule has 4 rings (SSSR count). The monoisotopic (exact) mass is 379 g/mol. The van der Waals surface area contributed by atoms with E-state index in [1.54, 1.807) is 24.3 Å². The van der Waals surface area contributed by atoms with E-state index in [9.17, 15) is 8.42 Å². The van der Waals surface area contributed by atoms with E-state index >= 15 is 0 Å². The van der Waals surface area contributed by atoms with Crippen LogP contribution in [0.1, 0.15) is 31.2 Å². The van der Waals surface area contributed by atoms with Gasteiger partial charge in [0.25, 0.3) is 0 Å². The third kappa shape index (κ3) is 3.85. The normalized spacial score (nSPS) is 14.8. The maximum Gasteiger partial charge on any atom is 0.227 e. The van der Waals surface area contributed by atoms with E-state index in [-0.39, 0.29) is 0 Å². The molecular formula is C21H21N3O2S. The molecular weight excluding hydrogens is 358 g/mol. The van der Waals surface area contributed by atoms with Crippen molar-refractivity contribution < 1.29 is 8.42 Å². The minimum absolute atomic E-state index is 0.291. The zero-order chi connectivity index (χ0) is 18.9. The first-order valence-electron chi connectivity index (χ1n) is 9.03. The highest BCUT2D eigenvalue weighted by atomic mass is 32.2. The Kier molecular flexibility index (Phi) is 4.66. The summed E-state index contributed by atoms with van der Waals surface area (Å²) < 4.78 is 23.2. The lowest BCUT2D eigenvalue weighted by Gasteiger charge is -2.15. The molecule has 0 spiro atoms. The fraction of sp³-hybridized carbons (Fsp3) is 0.238. The van der Waals surface area contributed by atoms with E-state index < -0.39 is 9.84 Å². The number of hydrogen-bond acceptors (Lipinski definition) is 5. The topological polar surface area (TPSA) is 72.0 Å². The van der Waals surface area contributed by atoms with Crippen molar-refractivity contribution in [2.45, 2.75) is 30.6 Å². The minimum Gasteiger partial charge on any atom is -0.324 e. The van der Waals surface area contributed by atoms with Crippen molar-refractivity contribution in [3.8, 4) is 0 Å². The van der Waals surface area contributed by atoms with Crippen LogP contribution in [0.4, 0.5) is 11.6 Å². The van der Waals surface area contributed by atoms with Crippen LogP contribution in [0.3, 0.4) is 0 Å². The van der Waals surface area contributed by atoms with Crippen molar-refractivity contribution in [1.82, 2.24) is 9.97 Å². The third-order valence-corrected chi connectivity index (χ3v) is 5.91. The first kappa shape index (κ1) is 17.7. The highest BCUT2D eigenvalue weighted by Gasteiger charge is 2.12. The number of fused-ring (bicyclic) bond motifs is 1. The van der Waals surface area contributed by atoms with Crippen LogP contribution in [-0.4, -0.2) is 24.6 Å². The molecule has 0 atom stereocenters. The lowest BCUT2D eigenvalue weighted by Crippen LogP contribution is -2.01. The van der Waals surface area contributed by atoms with E-state index in [0.29, 0.717) is 10.8 Å². The summed E-state index contributed by atoms with van der Waals surface area (Å²) in [7, 11) is -3.20. The van der Waals surface area contributed by atoms with Gasteiger partial charge in [0.05, 0.1) is 10.4 Å². The smallest absolute Gasteiger partial charge is 0.227 e. The Morgan fingerprint density at radius 1 is 1.04 bits per heavy atom. The molecule has 2 aromatic carbocycles. The summed E-state index contributed by atoms with van der Waals surface area (Å²) in [5, 5.41) is 4.18. The maximum atomic E-state index is 11.6. The Morgan fingerprint density at radius 2 is 1.85 bits per heavy atom. The summed E-state index contributed by atoms with van der Waals surface area (Å²) in [6, 6.07) is 12.8. The Balaban J connectivity index is 1.68. The number of rotatable bonds is 4. The summed E-state index contributed by atoms with van der Waals surface area (Å²) in [6.45, 7) is 0. The van der Waals surface area contributed by atoms with Gasteiger partial charge in [-0.1, -0.05) is 24.3 Å². The Morgan fingerprint density at radius 3 is 2.56 bits per heavy atom. The van der Waals surface area contributed by atoms with Crippen LogP contribution in [0.25, 0.3) is 16.5 Å². The van der Waals surface area contributed by atoms with Crippen LogP contribution in [-0.2, 0) is 9.84 Å². The lowest BCUT2D eigenvalue weighted by molar-refractivity contribution is 0.602. The second-order valence-electron chi connectivity index (χ2n) is 6.83. The molecule has 3 aromatic rings. The van der Waals surface area contributed by atoms with Crippen molar-refractivity contribution in [1.29, 1.82) is 0 Å². The molecule has 0 aliphatic heterocycles. The molecule has 6 heteroatoms. The molecule has 138 valence electrons. The third-order valence-electron chi connectivity index (χ3n) is 4.79. The van der Waals surface area contributed by atoms with E-state index in [0.717, 1.165) is 29.4 Å². The molecule has 0 bridgehead atoms. The van der Waals surface area contributed by atoms with Gasteiger partial charge in [-0.2, -0.15) is 0 Å². The van der Waals surface area contributed by atoms with Crippen LogP contribution < -0.4 is 5.32 Å². The van der Waals surface area contributed by atoms with Gasteiger partial charge in [-0.3, -0.25) is 0 Å². The Hall–Kier alpha value is -2.73. The predicted octanol–water partition coefficient (Wildman–Crippen LogP) is 4.73. The summed E-state index contributed by atoms with van der Waals surface area (Å²) in [4.78, 5) is 9.43. The zero-order valence-electron chi connectivity index (χ0n) is 15.1. The number of nitrogens with zero attached hydrogens (tertiary/aromatic N) is 2. The number of anilines is 2. The van der Waals surface area contributed by atoms with Crippen LogP contribution in [0, 0.1) is 0 Å². The molecule has 5 nitrogen and oxygen atoms in total. The predicted molar refractivity (Wildman–Crippen MR) is 109 cm³/mol. The standard InChI is InChI=1S/C21H21N3O2S/c1-27(25,26)18-12-10-17(11-13-18)23-21-22-14-16-8-5-9-19(20(16)24-21)15-6-3-2-4-7-15/h5-6,8-14H,2-4,7H2,1H3,(H,22,23,24). The molecule has 1 N–H and O–H groups in total. The molecule has 0 saturated carbocycles. The van der Waals surface area contributed by atoms with Gasteiger partial charge in [0.2, 0.25) is 5.95 Å². The molecule has 0 amide bonds. The number of hydrogen-bond donors (Lipinski definition) is 1. The number of para-hydroxylation sites is 1. The van der Waals surface area contributed by atoms with Gasteiger partial charge in [0, 0.05) is 29.1 Å². The first-order chi connectivity index (χ1) is 13.0. The molecule has 1 aliphatic rings. The average molecular weight is 379 g/mol. The van der Waals surface area contributed by atoms with Crippen molar-refractivity contribution in [3.05, 3.63) is 60.3 Å². The lowest BCUT2D eigenvalue weighted by atomic mass is 9.92. The second kappa shape index (κ2) is 7.12. The molecule has 1 aliphatic carbocycles. The Labute approximate surface area is 159 Å². The van der Waals surface area contributed by atoms with Gasteiger partial charge < -0.3 is 5.32 Å². The van der Waals surface area contributed by atoms with Gasteiger partial charge in [0.1, 0.15) is 0 Å². The molecule has 0 fully saturated rings. The summed E-state index contributed by atoms with van der Waals surface area (Å²) in [5.41, 5.74) is 4.21. The number of benzene rings is 2. The van der Waals surface area contributed by atoms with Gasteiger partial charge in [-0.15, -0.1) is 0 Å². The van der Waals surface area contributed by atoms with E-state index in [4.69, 9.17) is 4.98 Å². The molecule has 0 radical (unpaired) electrons. The van der Waals surface area contributed by atoms with Crippen LogP contribution in [0.15, 0.2) is 59.6 Å². The van der Waals surface area contributed by atoms with E-state index in [1.165, 1.54) is 30.2 Å². The zero-order valence-corrected chi connectivity index (χ0v) is 16.0. The fourth-order valence-corrected chi connectivity index (χ4v) is 4.00. The largest absolute Gasteiger partial charge is 0.324 e. The quantitative estimate of drug-likeness (QED) is 0.709. The number of aromatic nitrogens is 2. The van der Waals surface area contributed by atoms with Crippen molar-refractivity contribution >= 4 is 37.9 Å². The maximum absolute atomic E-state index is 11.6. The summed E-state index contributed by atoms with van der Waals surface area (Å²) in [6.07, 6.45) is 10.0. The number of sulfone groups is 1. The molecule has 27 heavy (non-hydrogen) atoms. The van der Waals surface area contributed by atoms with E-state index in [1.807, 2.05) is 18.3 Å². The van der Waals surface area contributed by atoms with Crippen LogP contribution in [0.2, 0.25) is 0 Å². The summed E-state index contributed by atoms with van der Waals surface area (Å²) >= 11 is 0. The SMILES string of the molecule is CS(=O)(=O)c1ccc(Nc2ncc3cccc(C4=CCCCC4)c3n2)cc1. The van der Waals surface area contributed by atoms with E-state index in [2.05, 4.69) is 22.4 Å². The molecule has 0 unspecified atom stereocenters. The van der Waals surface area contributed by atoms with Gasteiger partial charge in [-0.05, 0) is 55.5 Å². The van der Waals surface area contributed by atoms with Crippen molar-refractivity contribution in [3.63, 3.8) is 0 Å². The molecule has 1 heterocycles. The average Bonchev–Trinajstić information content (AvgIpc) is 2.68. The Bertz CT molecular complexity index is 1120. The van der Waals surface area contributed by atoms with Crippen LogP contribution >= 0.6 is 0 Å². The highest BCUT2D eigenvalue weighted by Crippen LogP contribution is 2.31. The highest BCUT2D eigenvalue weighted by molar-refractivity contribution is 7.90. The number of allylic oxidation sites excluding steroid dienone is 2. The fourth-order valence-electron chi connectivity index (χ4n) is 3.37. The second-order valence-corrected chi connectivity index (χ2v) is 8.85. The molecule has 1 aromatic heterocycles. The van der Waals surface area contributed by atoms with Crippen molar-refractivity contribution in [2.75, 3.05) is 11.6 Å².